The lowest BCUT2D eigenvalue weighted by atomic mass is 10.2. The van der Waals surface area contributed by atoms with Gasteiger partial charge in [-0.15, -0.1) is 0 Å². The summed E-state index contributed by atoms with van der Waals surface area (Å²) in [5, 5.41) is 3.44. The van der Waals surface area contributed by atoms with E-state index in [1.54, 1.807) is 29.0 Å². The van der Waals surface area contributed by atoms with Crippen LogP contribution in [0.2, 0.25) is 0 Å². The van der Waals surface area contributed by atoms with E-state index in [0.717, 1.165) is 18.4 Å². The van der Waals surface area contributed by atoms with Gasteiger partial charge in [-0.3, -0.25) is 9.59 Å². The third-order valence-corrected chi connectivity index (χ3v) is 3.80. The third kappa shape index (κ3) is 3.56. The Hall–Kier alpha value is -2.83. The average Bonchev–Trinajstić information content (AvgIpc) is 3.33. The standard InChI is InChI=1S/C17H18N2O5/c1-23-17(22)13-8-19(14-5-3-2-4-12(13)14)9-16(21)24-10-15(20)18-11-6-7-11/h2-5,8,11H,6-7,9-10H2,1H3,(H,18,20). The lowest BCUT2D eigenvalue weighted by Crippen LogP contribution is -2.31. The fourth-order valence-corrected chi connectivity index (χ4v) is 2.48. The fourth-order valence-electron chi connectivity index (χ4n) is 2.48. The molecule has 1 amide bonds. The minimum absolute atomic E-state index is 0.0891. The molecule has 0 spiro atoms. The van der Waals surface area contributed by atoms with Gasteiger partial charge < -0.3 is 19.4 Å². The Morgan fingerprint density at radius 1 is 1.25 bits per heavy atom. The van der Waals surface area contributed by atoms with Crippen LogP contribution in [-0.2, 0) is 25.6 Å². The molecule has 1 aromatic heterocycles. The summed E-state index contributed by atoms with van der Waals surface area (Å²) in [7, 11) is 1.31. The van der Waals surface area contributed by atoms with Crippen molar-refractivity contribution < 1.29 is 23.9 Å². The van der Waals surface area contributed by atoms with Gasteiger partial charge in [-0.05, 0) is 18.9 Å². The molecule has 3 rings (SSSR count). The first kappa shape index (κ1) is 16.0. The van der Waals surface area contributed by atoms with E-state index in [2.05, 4.69) is 5.32 Å². The van der Waals surface area contributed by atoms with Gasteiger partial charge in [0, 0.05) is 23.1 Å². The SMILES string of the molecule is COC(=O)c1cn(CC(=O)OCC(=O)NC2CC2)c2ccccc12. The predicted octanol–water partition coefficient (Wildman–Crippen LogP) is 1.25. The number of carbonyl (C=O) groups is 3. The van der Waals surface area contributed by atoms with Crippen LogP contribution in [0.25, 0.3) is 10.9 Å². The summed E-state index contributed by atoms with van der Waals surface area (Å²) < 4.78 is 11.4. The number of amides is 1. The third-order valence-electron chi connectivity index (χ3n) is 3.80. The van der Waals surface area contributed by atoms with Gasteiger partial charge in [0.15, 0.2) is 6.61 Å². The van der Waals surface area contributed by atoms with E-state index in [4.69, 9.17) is 9.47 Å². The number of ether oxygens (including phenoxy) is 2. The first-order valence-corrected chi connectivity index (χ1v) is 7.69. The fraction of sp³-hybridized carbons (Fsp3) is 0.353. The van der Waals surface area contributed by atoms with Gasteiger partial charge >= 0.3 is 11.9 Å². The smallest absolute Gasteiger partial charge is 0.340 e. The topological polar surface area (TPSA) is 86.6 Å². The molecule has 1 aliphatic rings. The molecule has 0 bridgehead atoms. The van der Waals surface area contributed by atoms with E-state index >= 15 is 0 Å². The van der Waals surface area contributed by atoms with Gasteiger partial charge in [-0.1, -0.05) is 18.2 Å². The number of nitrogens with one attached hydrogen (secondary N) is 1. The van der Waals surface area contributed by atoms with E-state index < -0.39 is 11.9 Å². The molecule has 0 aliphatic heterocycles. The number of benzene rings is 1. The normalized spacial score (nSPS) is 13.5. The molecule has 1 aromatic carbocycles. The Balaban J connectivity index is 1.68. The van der Waals surface area contributed by atoms with E-state index in [1.165, 1.54) is 7.11 Å². The predicted molar refractivity (Wildman–Crippen MR) is 85.4 cm³/mol. The molecule has 0 saturated heterocycles. The molecule has 24 heavy (non-hydrogen) atoms. The Morgan fingerprint density at radius 3 is 2.71 bits per heavy atom. The number of carbonyl (C=O) groups excluding carboxylic acids is 3. The van der Waals surface area contributed by atoms with Gasteiger partial charge in [0.2, 0.25) is 0 Å². The van der Waals surface area contributed by atoms with Crippen molar-refractivity contribution in [1.82, 2.24) is 9.88 Å². The second-order valence-electron chi connectivity index (χ2n) is 5.68. The number of hydrogen-bond donors (Lipinski definition) is 1. The Bertz CT molecular complexity index is 791. The van der Waals surface area contributed by atoms with Gasteiger partial charge in [0.05, 0.1) is 12.7 Å². The number of aromatic nitrogens is 1. The molecule has 2 aromatic rings. The summed E-state index contributed by atoms with van der Waals surface area (Å²) >= 11 is 0. The zero-order valence-corrected chi connectivity index (χ0v) is 13.3. The van der Waals surface area contributed by atoms with Crippen molar-refractivity contribution in [3.63, 3.8) is 0 Å². The van der Waals surface area contributed by atoms with Crippen LogP contribution in [0.15, 0.2) is 30.5 Å². The zero-order chi connectivity index (χ0) is 17.1. The van der Waals surface area contributed by atoms with Crippen LogP contribution in [0.4, 0.5) is 0 Å². The van der Waals surface area contributed by atoms with Crippen LogP contribution in [0.1, 0.15) is 23.2 Å². The van der Waals surface area contributed by atoms with E-state index in [-0.39, 0.29) is 25.1 Å². The van der Waals surface area contributed by atoms with Crippen LogP contribution in [-0.4, -0.2) is 42.2 Å². The van der Waals surface area contributed by atoms with Crippen molar-refractivity contribution in [2.75, 3.05) is 13.7 Å². The van der Waals surface area contributed by atoms with Crippen LogP contribution >= 0.6 is 0 Å². The molecule has 1 fully saturated rings. The van der Waals surface area contributed by atoms with Crippen LogP contribution < -0.4 is 5.32 Å². The molecule has 0 unspecified atom stereocenters. The molecule has 1 saturated carbocycles. The summed E-state index contributed by atoms with van der Waals surface area (Å²) in [4.78, 5) is 35.4. The maximum atomic E-state index is 12.0. The first-order valence-electron chi connectivity index (χ1n) is 7.69. The lowest BCUT2D eigenvalue weighted by Gasteiger charge is -2.07. The van der Waals surface area contributed by atoms with Crippen LogP contribution in [0.5, 0.6) is 0 Å². The molecule has 7 nitrogen and oxygen atoms in total. The van der Waals surface area contributed by atoms with Crippen molar-refractivity contribution >= 4 is 28.7 Å². The molecular formula is C17H18N2O5. The number of rotatable bonds is 6. The van der Waals surface area contributed by atoms with Crippen LogP contribution in [0.3, 0.4) is 0 Å². The minimum Gasteiger partial charge on any atom is -0.465 e. The number of nitrogens with zero attached hydrogens (tertiary/aromatic N) is 1. The molecule has 1 aliphatic carbocycles. The highest BCUT2D eigenvalue weighted by Crippen LogP contribution is 2.22. The van der Waals surface area contributed by atoms with E-state index in [1.807, 2.05) is 6.07 Å². The maximum absolute atomic E-state index is 12.0. The minimum atomic E-state index is -0.543. The Morgan fingerprint density at radius 2 is 2.00 bits per heavy atom. The molecule has 0 atom stereocenters. The monoisotopic (exact) mass is 330 g/mol. The van der Waals surface area contributed by atoms with Gasteiger partial charge in [-0.2, -0.15) is 0 Å². The van der Waals surface area contributed by atoms with Crippen LogP contribution in [0, 0.1) is 0 Å². The van der Waals surface area contributed by atoms with Gasteiger partial charge in [0.1, 0.15) is 6.54 Å². The number of para-hydroxylation sites is 1. The second-order valence-corrected chi connectivity index (χ2v) is 5.68. The highest BCUT2D eigenvalue weighted by molar-refractivity contribution is 6.04. The summed E-state index contributed by atoms with van der Waals surface area (Å²) in [5.41, 5.74) is 1.10. The number of fused-ring (bicyclic) bond motifs is 1. The molecular weight excluding hydrogens is 312 g/mol. The number of esters is 2. The zero-order valence-electron chi connectivity index (χ0n) is 13.3. The van der Waals surface area contributed by atoms with Crippen molar-refractivity contribution in [2.24, 2.45) is 0 Å². The summed E-state index contributed by atoms with van der Waals surface area (Å²) in [6, 6.07) is 7.43. The summed E-state index contributed by atoms with van der Waals surface area (Å²) in [6.07, 6.45) is 3.51. The molecule has 1 N–H and O–H groups in total. The Kier molecular flexibility index (Phi) is 4.50. The summed E-state index contributed by atoms with van der Waals surface area (Å²) in [6.45, 7) is -0.382. The van der Waals surface area contributed by atoms with Crippen molar-refractivity contribution in [1.29, 1.82) is 0 Å². The lowest BCUT2D eigenvalue weighted by molar-refractivity contribution is -0.149. The highest BCUT2D eigenvalue weighted by atomic mass is 16.5. The number of methoxy groups -OCH3 is 1. The van der Waals surface area contributed by atoms with Crippen molar-refractivity contribution in [3.8, 4) is 0 Å². The maximum Gasteiger partial charge on any atom is 0.340 e. The second kappa shape index (κ2) is 6.74. The van der Waals surface area contributed by atoms with Crippen molar-refractivity contribution in [2.45, 2.75) is 25.4 Å². The molecule has 7 heteroatoms. The number of hydrogen-bond acceptors (Lipinski definition) is 5. The van der Waals surface area contributed by atoms with E-state index in [9.17, 15) is 14.4 Å². The quantitative estimate of drug-likeness (QED) is 0.806. The van der Waals surface area contributed by atoms with E-state index in [0.29, 0.717) is 10.9 Å². The van der Waals surface area contributed by atoms with Crippen molar-refractivity contribution in [3.05, 3.63) is 36.0 Å². The molecule has 0 radical (unpaired) electrons. The highest BCUT2D eigenvalue weighted by Gasteiger charge is 2.23. The average molecular weight is 330 g/mol. The molecule has 126 valence electrons. The first-order chi connectivity index (χ1) is 11.6. The Labute approximate surface area is 138 Å². The summed E-state index contributed by atoms with van der Waals surface area (Å²) in [5.74, 6) is -1.31. The molecule has 1 heterocycles. The van der Waals surface area contributed by atoms with Gasteiger partial charge in [-0.25, -0.2) is 4.79 Å². The van der Waals surface area contributed by atoms with Gasteiger partial charge in [0.25, 0.3) is 5.91 Å². The largest absolute Gasteiger partial charge is 0.465 e.